The maximum absolute atomic E-state index is 12.0. The summed E-state index contributed by atoms with van der Waals surface area (Å²) in [5.41, 5.74) is 3.55. The van der Waals surface area contributed by atoms with Crippen molar-refractivity contribution in [3.8, 4) is 11.5 Å². The molecular weight excluding hydrogens is 370 g/mol. The summed E-state index contributed by atoms with van der Waals surface area (Å²) in [4.78, 5) is 24.1. The third kappa shape index (κ3) is 6.00. The van der Waals surface area contributed by atoms with Crippen molar-refractivity contribution in [2.24, 2.45) is 5.10 Å². The number of phenols is 1. The normalized spacial score (nSPS) is 11.0. The Morgan fingerprint density at radius 1 is 1.22 bits per heavy atom. The van der Waals surface area contributed by atoms with Gasteiger partial charge in [-0.1, -0.05) is 29.8 Å². The molecule has 2 amide bonds. The van der Waals surface area contributed by atoms with Gasteiger partial charge >= 0.3 is 0 Å². The number of hydrogen-bond donors (Lipinski definition) is 3. The summed E-state index contributed by atoms with van der Waals surface area (Å²) >= 11 is 5.81. The Hall–Kier alpha value is -3.06. The van der Waals surface area contributed by atoms with Crippen LogP contribution in [0.15, 0.2) is 47.6 Å². The van der Waals surface area contributed by atoms with Gasteiger partial charge in [0, 0.05) is 22.8 Å². The molecule has 0 saturated heterocycles. The van der Waals surface area contributed by atoms with Gasteiger partial charge in [0.1, 0.15) is 11.5 Å². The lowest BCUT2D eigenvalue weighted by Crippen LogP contribution is -2.26. The fourth-order valence-electron chi connectivity index (χ4n) is 2.27. The molecule has 142 valence electrons. The molecule has 7 nitrogen and oxygen atoms in total. The summed E-state index contributed by atoms with van der Waals surface area (Å²) < 4.78 is 5.23. The molecular formula is C19H20ClN3O4. The number of hydrazone groups is 1. The van der Waals surface area contributed by atoms with Crippen LogP contribution in [0.3, 0.4) is 0 Å². The standard InChI is InChI=1S/C19H20ClN3O4/c1-12(22-23-19(26)15-10-14(20)7-8-16(15)24)9-18(25)21-11-13-5-3-4-6-17(13)27-2/h3-8,10,24H,9,11H2,1-2H3,(H,21,25)(H,23,26)/b22-12-. The quantitative estimate of drug-likeness (QED) is 0.500. The minimum Gasteiger partial charge on any atom is -0.507 e. The topological polar surface area (TPSA) is 100 Å². The van der Waals surface area contributed by atoms with E-state index >= 15 is 0 Å². The number of halogens is 1. The van der Waals surface area contributed by atoms with E-state index in [1.54, 1.807) is 14.0 Å². The number of methoxy groups -OCH3 is 1. The van der Waals surface area contributed by atoms with Crippen molar-refractivity contribution in [3.63, 3.8) is 0 Å². The lowest BCUT2D eigenvalue weighted by molar-refractivity contribution is -0.120. The molecule has 0 heterocycles. The lowest BCUT2D eigenvalue weighted by atomic mass is 10.2. The number of phenolic OH excluding ortho intramolecular Hbond substituents is 1. The van der Waals surface area contributed by atoms with E-state index in [2.05, 4.69) is 15.8 Å². The van der Waals surface area contributed by atoms with E-state index in [0.29, 0.717) is 23.0 Å². The molecule has 0 radical (unpaired) electrons. The number of rotatable bonds is 7. The maximum atomic E-state index is 12.0. The van der Waals surface area contributed by atoms with Crippen LogP contribution in [0.25, 0.3) is 0 Å². The van der Waals surface area contributed by atoms with Crippen molar-refractivity contribution in [1.29, 1.82) is 0 Å². The van der Waals surface area contributed by atoms with Crippen LogP contribution in [0, 0.1) is 0 Å². The third-order valence-corrected chi connectivity index (χ3v) is 3.87. The third-order valence-electron chi connectivity index (χ3n) is 3.64. The van der Waals surface area contributed by atoms with Gasteiger partial charge in [0.2, 0.25) is 5.91 Å². The molecule has 27 heavy (non-hydrogen) atoms. The number of carbonyl (C=O) groups is 2. The highest BCUT2D eigenvalue weighted by Gasteiger charge is 2.12. The highest BCUT2D eigenvalue weighted by molar-refractivity contribution is 6.31. The van der Waals surface area contributed by atoms with E-state index < -0.39 is 5.91 Å². The fourth-order valence-corrected chi connectivity index (χ4v) is 2.45. The molecule has 0 aliphatic carbocycles. The molecule has 0 atom stereocenters. The molecule has 2 aromatic rings. The first-order valence-electron chi connectivity index (χ1n) is 8.11. The Bertz CT molecular complexity index is 868. The van der Waals surface area contributed by atoms with Crippen molar-refractivity contribution in [1.82, 2.24) is 10.7 Å². The SMILES string of the molecule is COc1ccccc1CNC(=O)C/C(C)=N\NC(=O)c1cc(Cl)ccc1O. The molecule has 0 aliphatic rings. The predicted molar refractivity (Wildman–Crippen MR) is 103 cm³/mol. The van der Waals surface area contributed by atoms with Crippen LogP contribution in [0.5, 0.6) is 11.5 Å². The van der Waals surface area contributed by atoms with Gasteiger partial charge in [-0.2, -0.15) is 5.10 Å². The van der Waals surface area contributed by atoms with Crippen LogP contribution in [0.1, 0.15) is 29.3 Å². The summed E-state index contributed by atoms with van der Waals surface area (Å²) in [6.07, 6.45) is 0.0109. The van der Waals surface area contributed by atoms with Crippen LogP contribution in [0.4, 0.5) is 0 Å². The van der Waals surface area contributed by atoms with Crippen LogP contribution in [-0.4, -0.2) is 29.7 Å². The molecule has 8 heteroatoms. The fraction of sp³-hybridized carbons (Fsp3) is 0.211. The number of amides is 2. The van der Waals surface area contributed by atoms with Crippen molar-refractivity contribution in [2.45, 2.75) is 19.9 Å². The Morgan fingerprint density at radius 2 is 1.96 bits per heavy atom. The summed E-state index contributed by atoms with van der Waals surface area (Å²) in [7, 11) is 1.57. The zero-order valence-corrected chi connectivity index (χ0v) is 15.7. The molecule has 0 aliphatic heterocycles. The molecule has 2 aromatic carbocycles. The minimum absolute atomic E-state index is 0.000302. The zero-order valence-electron chi connectivity index (χ0n) is 15.0. The van der Waals surface area contributed by atoms with Crippen molar-refractivity contribution < 1.29 is 19.4 Å². The molecule has 0 aromatic heterocycles. The molecule has 0 bridgehead atoms. The number of para-hydroxylation sites is 1. The van der Waals surface area contributed by atoms with Crippen molar-refractivity contribution in [3.05, 3.63) is 58.6 Å². The second-order valence-electron chi connectivity index (χ2n) is 5.71. The van der Waals surface area contributed by atoms with Gasteiger partial charge in [0.15, 0.2) is 0 Å². The average molecular weight is 390 g/mol. The maximum Gasteiger partial charge on any atom is 0.275 e. The number of nitrogens with zero attached hydrogens (tertiary/aromatic N) is 1. The monoisotopic (exact) mass is 389 g/mol. The van der Waals surface area contributed by atoms with Gasteiger partial charge in [0.05, 0.1) is 19.1 Å². The summed E-state index contributed by atoms with van der Waals surface area (Å²) in [5.74, 6) is -0.387. The largest absolute Gasteiger partial charge is 0.507 e. The number of aromatic hydroxyl groups is 1. The van der Waals surface area contributed by atoms with E-state index in [1.807, 2.05) is 24.3 Å². The summed E-state index contributed by atoms with van der Waals surface area (Å²) in [6, 6.07) is 11.5. The average Bonchev–Trinajstić information content (AvgIpc) is 2.66. The minimum atomic E-state index is -0.621. The van der Waals surface area contributed by atoms with E-state index in [-0.39, 0.29) is 23.6 Å². The summed E-state index contributed by atoms with van der Waals surface area (Å²) in [6.45, 7) is 1.93. The van der Waals surface area contributed by atoms with Crippen LogP contribution in [-0.2, 0) is 11.3 Å². The first-order chi connectivity index (χ1) is 12.9. The van der Waals surface area contributed by atoms with Crippen molar-refractivity contribution >= 4 is 29.1 Å². The number of ether oxygens (including phenoxy) is 1. The first-order valence-corrected chi connectivity index (χ1v) is 8.49. The van der Waals surface area contributed by atoms with E-state index in [0.717, 1.165) is 5.56 Å². The number of nitrogens with one attached hydrogen (secondary N) is 2. The number of carbonyl (C=O) groups excluding carboxylic acids is 2. The smallest absolute Gasteiger partial charge is 0.275 e. The van der Waals surface area contributed by atoms with Gasteiger partial charge in [0.25, 0.3) is 5.91 Å². The highest BCUT2D eigenvalue weighted by atomic mass is 35.5. The first kappa shape index (κ1) is 20.3. The Morgan fingerprint density at radius 3 is 2.70 bits per heavy atom. The van der Waals surface area contributed by atoms with Crippen molar-refractivity contribution in [2.75, 3.05) is 7.11 Å². The van der Waals surface area contributed by atoms with Gasteiger partial charge < -0.3 is 15.2 Å². The van der Waals surface area contributed by atoms with Gasteiger partial charge in [-0.15, -0.1) is 0 Å². The van der Waals surface area contributed by atoms with Gasteiger partial charge in [-0.25, -0.2) is 5.43 Å². The Balaban J connectivity index is 1.88. The summed E-state index contributed by atoms with van der Waals surface area (Å²) in [5, 5.41) is 16.7. The molecule has 3 N–H and O–H groups in total. The molecule has 2 rings (SSSR count). The van der Waals surface area contributed by atoms with Crippen LogP contribution >= 0.6 is 11.6 Å². The highest BCUT2D eigenvalue weighted by Crippen LogP contribution is 2.21. The molecule has 0 unspecified atom stereocenters. The van der Waals surface area contributed by atoms with Gasteiger partial charge in [-0.05, 0) is 31.2 Å². The van der Waals surface area contributed by atoms with E-state index in [4.69, 9.17) is 16.3 Å². The number of hydrogen-bond acceptors (Lipinski definition) is 5. The number of benzene rings is 2. The van der Waals surface area contributed by atoms with Gasteiger partial charge in [-0.3, -0.25) is 9.59 Å². The van der Waals surface area contributed by atoms with Crippen LogP contribution < -0.4 is 15.5 Å². The van der Waals surface area contributed by atoms with E-state index in [1.165, 1.54) is 18.2 Å². The zero-order chi connectivity index (χ0) is 19.8. The Labute approximate surface area is 162 Å². The molecule has 0 fully saturated rings. The molecule has 0 spiro atoms. The van der Waals surface area contributed by atoms with Crippen LogP contribution in [0.2, 0.25) is 5.02 Å². The predicted octanol–water partition coefficient (Wildman–Crippen LogP) is 2.87. The lowest BCUT2D eigenvalue weighted by Gasteiger charge is -2.09. The second-order valence-corrected chi connectivity index (χ2v) is 6.15. The molecule has 0 saturated carbocycles. The second kappa shape index (κ2) is 9.59. The Kier molecular flexibility index (Phi) is 7.19. The van der Waals surface area contributed by atoms with E-state index in [9.17, 15) is 14.7 Å².